The van der Waals surface area contributed by atoms with Crippen molar-refractivity contribution in [3.63, 3.8) is 0 Å². The van der Waals surface area contributed by atoms with Gasteiger partial charge in [0.25, 0.3) is 0 Å². The van der Waals surface area contributed by atoms with E-state index < -0.39 is 31.4 Å². The van der Waals surface area contributed by atoms with Crippen LogP contribution in [0.5, 0.6) is 0 Å². The zero-order chi connectivity index (χ0) is 61.2. The first kappa shape index (κ1) is 62.1. The summed E-state index contributed by atoms with van der Waals surface area (Å²) >= 11 is 0. The Morgan fingerprint density at radius 2 is 1.05 bits per heavy atom. The molecule has 14 aliphatic rings. The van der Waals surface area contributed by atoms with Crippen LogP contribution in [0.25, 0.3) is 0 Å². The minimum Gasteiger partial charge on any atom is -0.404 e. The lowest BCUT2D eigenvalue weighted by Crippen LogP contribution is -2.66. The molecule has 8 saturated carbocycles. The van der Waals surface area contributed by atoms with E-state index in [4.69, 9.17) is 37.6 Å². The van der Waals surface area contributed by atoms with E-state index in [1.165, 1.54) is 25.7 Å². The minimum absolute atomic E-state index is 0.00454. The molecule has 2 aromatic rings. The highest BCUT2D eigenvalue weighted by atomic mass is 16.7. The molecule has 27 atom stereocenters. The van der Waals surface area contributed by atoms with Crippen LogP contribution in [-0.2, 0) is 64.8 Å². The quantitative estimate of drug-likeness (QED) is 0.129. The highest BCUT2D eigenvalue weighted by molar-refractivity contribution is 6.48. The van der Waals surface area contributed by atoms with E-state index in [0.717, 1.165) is 75.3 Å². The highest BCUT2D eigenvalue weighted by Gasteiger charge is 2.71. The third-order valence-corrected chi connectivity index (χ3v) is 27.4. The molecule has 480 valence electrons. The molecule has 16 rings (SSSR count). The number of carbonyl (C=O) groups excluding carboxylic acids is 3. The second-order valence-electron chi connectivity index (χ2n) is 32.4. The zero-order valence-electron chi connectivity index (χ0n) is 54.7. The lowest BCUT2D eigenvalue weighted by molar-refractivity contribution is -0.280. The maximum atomic E-state index is 14.5. The second kappa shape index (κ2) is 24.2. The molecule has 3 N–H and O–H groups in total. The second-order valence-corrected chi connectivity index (χ2v) is 32.4. The maximum absolute atomic E-state index is 14.5. The van der Waals surface area contributed by atoms with Gasteiger partial charge in [-0.2, -0.15) is 0 Å². The van der Waals surface area contributed by atoms with E-state index in [2.05, 4.69) is 122 Å². The molecule has 88 heavy (non-hydrogen) atoms. The minimum atomic E-state index is -0.586. The van der Waals surface area contributed by atoms with E-state index in [1.54, 1.807) is 0 Å². The number of hydrogen-bond acceptors (Lipinski definition) is 11. The smallest absolute Gasteiger partial charge is 0.404 e. The molecule has 0 aromatic heterocycles. The van der Waals surface area contributed by atoms with Crippen LogP contribution in [0.3, 0.4) is 0 Å². The number of ether oxygens (including phenoxy) is 4. The molecule has 6 aliphatic heterocycles. The topological polar surface area (TPSA) is 161 Å². The van der Waals surface area contributed by atoms with E-state index in [1.807, 2.05) is 24.3 Å². The van der Waals surface area contributed by atoms with Gasteiger partial charge in [-0.1, -0.05) is 122 Å². The first-order valence-corrected chi connectivity index (χ1v) is 35.4. The summed E-state index contributed by atoms with van der Waals surface area (Å²) in [4.78, 5) is 42.5. The van der Waals surface area contributed by atoms with Crippen LogP contribution >= 0.6 is 0 Å². The van der Waals surface area contributed by atoms with Gasteiger partial charge in [0.1, 0.15) is 0 Å². The normalized spacial score (nSPS) is 45.7. The van der Waals surface area contributed by atoms with Crippen molar-refractivity contribution in [1.82, 2.24) is 16.0 Å². The summed E-state index contributed by atoms with van der Waals surface area (Å²) in [6.45, 7) is 23.2. The van der Waals surface area contributed by atoms with Crippen LogP contribution < -0.4 is 16.0 Å². The van der Waals surface area contributed by atoms with Crippen molar-refractivity contribution in [2.75, 3.05) is 6.54 Å². The average Bonchev–Trinajstić information content (AvgIpc) is 1.35. The third-order valence-electron chi connectivity index (χ3n) is 27.4. The largest absolute Gasteiger partial charge is 0.482 e. The van der Waals surface area contributed by atoms with Crippen LogP contribution in [0.4, 0.5) is 0 Å². The van der Waals surface area contributed by atoms with Gasteiger partial charge in [-0.25, -0.2) is 0 Å². The van der Waals surface area contributed by atoms with E-state index in [-0.39, 0.29) is 121 Å². The molecule has 2 aromatic carbocycles. The van der Waals surface area contributed by atoms with Gasteiger partial charge in [0.15, 0.2) is 12.6 Å². The van der Waals surface area contributed by atoms with Crippen LogP contribution in [-0.4, -0.2) is 111 Å². The number of nitrogens with one attached hydrogen (secondary N) is 3. The SMILES string of the molecule is CC1CC[C@@H]2C3[C@@H](O1)O[C@H](CC(=O)NC(Cc1ccccc1)B1OC4C[C@@H]5C[C@@H](C5(C)CCC5CC[C@@H]6C7[C@@H](O5)O[C@H](CC(=O)NCC(=O)N[C@@H](Cc5ccccc5)B5OC8C[C@@H]9C[C@@H](C9(C)C)[C@]8(C)O5)[C@H](C)[C@@H]7CC[C@H]6C)[C@]4(C)O1)[C@H](C)[C@@H]3CC[C@H]2C. The molecule has 8 unspecified atom stereocenters. The molecular formula is C72H105B2N3O11. The van der Waals surface area contributed by atoms with Crippen molar-refractivity contribution in [2.45, 2.75) is 257 Å². The fourth-order valence-electron chi connectivity index (χ4n) is 21.8. The first-order chi connectivity index (χ1) is 42.2. The van der Waals surface area contributed by atoms with E-state index >= 15 is 0 Å². The number of hydrogen-bond donors (Lipinski definition) is 3. The third kappa shape index (κ3) is 11.2. The molecule has 8 aliphatic carbocycles. The number of rotatable bonds is 17. The van der Waals surface area contributed by atoms with Gasteiger partial charge < -0.3 is 53.5 Å². The van der Waals surface area contributed by atoms with Crippen LogP contribution in [0.2, 0.25) is 0 Å². The Morgan fingerprint density at radius 1 is 0.545 bits per heavy atom. The highest BCUT2D eigenvalue weighted by Crippen LogP contribution is 2.69. The first-order valence-electron chi connectivity index (χ1n) is 35.4. The zero-order valence-corrected chi connectivity index (χ0v) is 54.7. The van der Waals surface area contributed by atoms with Crippen LogP contribution in [0.15, 0.2) is 60.7 Å². The summed E-state index contributed by atoms with van der Waals surface area (Å²) in [6.07, 6.45) is 15.8. The van der Waals surface area contributed by atoms with Crippen LogP contribution in [0, 0.1) is 93.7 Å². The van der Waals surface area contributed by atoms with E-state index in [9.17, 15) is 14.4 Å². The summed E-state index contributed by atoms with van der Waals surface area (Å²) in [5, 5.41) is 9.74. The number of amides is 3. The van der Waals surface area contributed by atoms with Crippen molar-refractivity contribution in [3.8, 4) is 0 Å². The molecule has 14 fully saturated rings. The molecule has 6 saturated heterocycles. The molecule has 0 radical (unpaired) electrons. The molecular weight excluding hydrogens is 1100 g/mol. The fraction of sp³-hybridized carbons (Fsp3) is 0.792. The van der Waals surface area contributed by atoms with Gasteiger partial charge in [-0.15, -0.1) is 0 Å². The van der Waals surface area contributed by atoms with Gasteiger partial charge in [0.2, 0.25) is 17.7 Å². The Bertz CT molecular complexity index is 2840. The van der Waals surface area contributed by atoms with Gasteiger partial charge in [-0.3, -0.25) is 14.4 Å². The predicted molar refractivity (Wildman–Crippen MR) is 337 cm³/mol. The molecule has 6 heterocycles. The summed E-state index contributed by atoms with van der Waals surface area (Å²) in [5.41, 5.74) is 1.57. The van der Waals surface area contributed by atoms with Crippen molar-refractivity contribution < 1.29 is 51.9 Å². The number of carbonyl (C=O) groups is 3. The van der Waals surface area contributed by atoms with E-state index in [0.29, 0.717) is 77.9 Å². The molecule has 16 heteroatoms. The summed E-state index contributed by atoms with van der Waals surface area (Å²) in [5.74, 6) is 4.95. The van der Waals surface area contributed by atoms with Gasteiger partial charge in [-0.05, 0) is 204 Å². The van der Waals surface area contributed by atoms with Gasteiger partial charge in [0.05, 0.1) is 79.1 Å². The monoisotopic (exact) mass is 1210 g/mol. The summed E-state index contributed by atoms with van der Waals surface area (Å²) in [6, 6.07) is 20.6. The summed E-state index contributed by atoms with van der Waals surface area (Å²) < 4.78 is 55.8. The Labute approximate surface area is 526 Å². The Balaban J connectivity index is 0.602. The Hall–Kier alpha value is -3.34. The maximum Gasteiger partial charge on any atom is 0.482 e. The fourth-order valence-corrected chi connectivity index (χ4v) is 21.8. The average molecular weight is 1210 g/mol. The Kier molecular flexibility index (Phi) is 17.1. The summed E-state index contributed by atoms with van der Waals surface area (Å²) in [7, 11) is -1.17. The standard InChI is InChI=1S/C72H105B2N3O11/c1-40-21-25-52-44(5)55(83-67-65(52)50(40)27-23-42(3)81-67)38-63(79)76-60(31-45-17-13-11-14-18-45)73-86-59-36-48-34-57(72(59,10)88-73)70(48,8)30-29-49-24-28-51-41(2)22-26-53-43(4)54(84-68(82-49)66(51)53)37-62(78)75-39-64(80)77-61(32-46-19-15-12-16-20-46)74-85-58-35-47-33-56(69(47,6)7)71(58,9)87-74/h11-20,40-44,47-61,65-68H,21-39H2,1-10H3,(H,75,78)(H,76,79)(H,77,80)/t40-,41-,42?,43-,44-,47+,48+,49?,50+,51+,52+,53+,54-,55-,56+,57+,58?,59?,60?,61+,65?,66?,67+,68+,70?,71+,72+/m1/s1. The Morgan fingerprint density at radius 3 is 1.62 bits per heavy atom. The molecule has 3 amide bonds. The lowest BCUT2D eigenvalue weighted by Gasteiger charge is -2.66. The van der Waals surface area contributed by atoms with Crippen LogP contribution in [0.1, 0.15) is 183 Å². The predicted octanol–water partition coefficient (Wildman–Crippen LogP) is 11.3. The lowest BCUT2D eigenvalue weighted by atomic mass is 9.41. The van der Waals surface area contributed by atoms with Crippen molar-refractivity contribution in [1.29, 1.82) is 0 Å². The molecule has 14 nitrogen and oxygen atoms in total. The van der Waals surface area contributed by atoms with Gasteiger partial charge in [0, 0.05) is 11.8 Å². The van der Waals surface area contributed by atoms with Gasteiger partial charge >= 0.3 is 14.2 Å². The van der Waals surface area contributed by atoms with Crippen molar-refractivity contribution in [3.05, 3.63) is 71.8 Å². The molecule has 0 spiro atoms. The number of benzene rings is 2. The van der Waals surface area contributed by atoms with Crippen molar-refractivity contribution >= 4 is 32.0 Å². The molecule has 4 bridgehead atoms. The van der Waals surface area contributed by atoms with Crippen molar-refractivity contribution in [2.24, 2.45) is 93.7 Å².